The zero-order valence-electron chi connectivity index (χ0n) is 17.2. The summed E-state index contributed by atoms with van der Waals surface area (Å²) in [5.74, 6) is 0.402. The zero-order valence-corrected chi connectivity index (χ0v) is 17.2. The Morgan fingerprint density at radius 1 is 1.03 bits per heavy atom. The van der Waals surface area contributed by atoms with Crippen molar-refractivity contribution < 1.29 is 18.7 Å². The quantitative estimate of drug-likeness (QED) is 0.436. The molecule has 0 saturated heterocycles. The molecule has 3 rings (SSSR count). The molecule has 0 aromatic heterocycles. The fraction of sp³-hybridized carbons (Fsp3) is 0.120. The summed E-state index contributed by atoms with van der Waals surface area (Å²) >= 11 is 0. The Kier molecular flexibility index (Phi) is 7.02. The SMILES string of the molecule is COc1ccc(NC(=O)/C(C#N)=C/c2ccc(Cc3ccccc3F)c(OC)c2)cc1. The van der Waals surface area contributed by atoms with Gasteiger partial charge in [-0.3, -0.25) is 4.79 Å². The van der Waals surface area contributed by atoms with E-state index < -0.39 is 5.91 Å². The van der Waals surface area contributed by atoms with Gasteiger partial charge in [0.15, 0.2) is 0 Å². The van der Waals surface area contributed by atoms with E-state index in [4.69, 9.17) is 9.47 Å². The van der Waals surface area contributed by atoms with Crippen LogP contribution in [0.15, 0.2) is 72.3 Å². The molecule has 0 spiro atoms. The highest BCUT2D eigenvalue weighted by Crippen LogP contribution is 2.25. The Labute approximate surface area is 180 Å². The van der Waals surface area contributed by atoms with Crippen LogP contribution in [0, 0.1) is 17.1 Å². The van der Waals surface area contributed by atoms with Crippen molar-refractivity contribution in [1.29, 1.82) is 5.26 Å². The summed E-state index contributed by atoms with van der Waals surface area (Å²) in [6, 6.07) is 20.6. The maximum absolute atomic E-state index is 14.0. The predicted molar refractivity (Wildman–Crippen MR) is 117 cm³/mol. The first-order valence-electron chi connectivity index (χ1n) is 9.51. The Morgan fingerprint density at radius 3 is 2.42 bits per heavy atom. The summed E-state index contributed by atoms with van der Waals surface area (Å²) in [7, 11) is 3.08. The first kappa shape index (κ1) is 21.6. The predicted octanol–water partition coefficient (Wildman–Crippen LogP) is 4.98. The molecule has 3 aromatic carbocycles. The van der Waals surface area contributed by atoms with Crippen LogP contribution in [0.4, 0.5) is 10.1 Å². The number of methoxy groups -OCH3 is 2. The molecule has 0 aliphatic carbocycles. The first-order valence-corrected chi connectivity index (χ1v) is 9.51. The van der Waals surface area contributed by atoms with Crippen molar-refractivity contribution in [3.8, 4) is 17.6 Å². The minimum absolute atomic E-state index is 0.0558. The smallest absolute Gasteiger partial charge is 0.266 e. The van der Waals surface area contributed by atoms with Gasteiger partial charge in [-0.2, -0.15) is 5.26 Å². The molecule has 6 heteroatoms. The molecule has 5 nitrogen and oxygen atoms in total. The second-order valence-electron chi connectivity index (χ2n) is 6.69. The number of nitrogens with zero attached hydrogens (tertiary/aromatic N) is 1. The molecule has 31 heavy (non-hydrogen) atoms. The lowest BCUT2D eigenvalue weighted by atomic mass is 10.0. The molecule has 0 radical (unpaired) electrons. The Balaban J connectivity index is 1.80. The van der Waals surface area contributed by atoms with E-state index in [2.05, 4.69) is 5.32 Å². The fourth-order valence-corrected chi connectivity index (χ4v) is 3.03. The highest BCUT2D eigenvalue weighted by Gasteiger charge is 2.12. The van der Waals surface area contributed by atoms with E-state index in [-0.39, 0.29) is 11.4 Å². The van der Waals surface area contributed by atoms with Crippen molar-refractivity contribution in [2.75, 3.05) is 19.5 Å². The zero-order chi connectivity index (χ0) is 22.2. The average Bonchev–Trinajstić information content (AvgIpc) is 2.80. The highest BCUT2D eigenvalue weighted by molar-refractivity contribution is 6.09. The van der Waals surface area contributed by atoms with Gasteiger partial charge in [-0.1, -0.05) is 30.3 Å². The van der Waals surface area contributed by atoms with Crippen LogP contribution in [0.5, 0.6) is 11.5 Å². The molecule has 0 aliphatic rings. The van der Waals surface area contributed by atoms with Crippen LogP contribution in [-0.4, -0.2) is 20.1 Å². The standard InChI is InChI=1S/C25H21FN2O3/c1-30-22-11-9-21(10-12-22)28-25(29)20(16-27)13-17-7-8-19(24(14-17)31-2)15-18-5-3-4-6-23(18)26/h3-14H,15H2,1-2H3,(H,28,29)/b20-13+. The van der Waals surface area contributed by atoms with Crippen LogP contribution in [0.2, 0.25) is 0 Å². The van der Waals surface area contributed by atoms with Crippen LogP contribution >= 0.6 is 0 Å². The van der Waals surface area contributed by atoms with Crippen LogP contribution < -0.4 is 14.8 Å². The van der Waals surface area contributed by atoms with E-state index in [1.165, 1.54) is 19.3 Å². The third-order valence-corrected chi connectivity index (χ3v) is 4.67. The largest absolute Gasteiger partial charge is 0.497 e. The summed E-state index contributed by atoms with van der Waals surface area (Å²) in [4.78, 5) is 12.5. The molecule has 0 bridgehead atoms. The number of hydrogen-bond donors (Lipinski definition) is 1. The molecule has 0 aliphatic heterocycles. The number of hydrogen-bond acceptors (Lipinski definition) is 4. The van der Waals surface area contributed by atoms with Gasteiger partial charge in [0.2, 0.25) is 0 Å². The van der Waals surface area contributed by atoms with E-state index in [0.717, 1.165) is 5.56 Å². The third-order valence-electron chi connectivity index (χ3n) is 4.67. The number of anilines is 1. The summed E-state index contributed by atoms with van der Waals surface area (Å²) in [5, 5.41) is 12.1. The van der Waals surface area contributed by atoms with Crippen molar-refractivity contribution >= 4 is 17.7 Å². The van der Waals surface area contributed by atoms with Gasteiger partial charge < -0.3 is 14.8 Å². The maximum atomic E-state index is 14.0. The molecule has 0 heterocycles. The third kappa shape index (κ3) is 5.49. The molecule has 0 fully saturated rings. The number of ether oxygens (including phenoxy) is 2. The number of carbonyl (C=O) groups is 1. The number of carbonyl (C=O) groups excluding carboxylic acids is 1. The minimum atomic E-state index is -0.526. The van der Waals surface area contributed by atoms with Crippen LogP contribution in [0.25, 0.3) is 6.08 Å². The Hall–Kier alpha value is -4.11. The van der Waals surface area contributed by atoms with Gasteiger partial charge in [-0.05, 0) is 59.2 Å². The molecule has 1 N–H and O–H groups in total. The van der Waals surface area contributed by atoms with Crippen LogP contribution in [0.1, 0.15) is 16.7 Å². The molecule has 0 atom stereocenters. The van der Waals surface area contributed by atoms with Crippen molar-refractivity contribution in [2.24, 2.45) is 0 Å². The number of nitriles is 1. The number of rotatable bonds is 7. The summed E-state index contributed by atoms with van der Waals surface area (Å²) in [6.07, 6.45) is 1.84. The molecule has 156 valence electrons. The van der Waals surface area contributed by atoms with Gasteiger partial charge in [0, 0.05) is 12.1 Å². The molecule has 3 aromatic rings. The minimum Gasteiger partial charge on any atom is -0.497 e. The fourth-order valence-electron chi connectivity index (χ4n) is 3.03. The van der Waals surface area contributed by atoms with Crippen LogP contribution in [-0.2, 0) is 11.2 Å². The number of nitrogens with one attached hydrogen (secondary N) is 1. The van der Waals surface area contributed by atoms with Crippen molar-refractivity contribution in [3.63, 3.8) is 0 Å². The Morgan fingerprint density at radius 2 is 1.77 bits per heavy atom. The first-order chi connectivity index (χ1) is 15.0. The van der Waals surface area contributed by atoms with Crippen molar-refractivity contribution in [3.05, 3.63) is 94.8 Å². The maximum Gasteiger partial charge on any atom is 0.266 e. The lowest BCUT2D eigenvalue weighted by Gasteiger charge is -2.11. The average molecular weight is 416 g/mol. The topological polar surface area (TPSA) is 71.3 Å². The molecule has 0 unspecified atom stereocenters. The van der Waals surface area contributed by atoms with E-state index in [9.17, 15) is 14.4 Å². The van der Waals surface area contributed by atoms with E-state index in [1.54, 1.807) is 67.8 Å². The van der Waals surface area contributed by atoms with Crippen LogP contribution in [0.3, 0.4) is 0 Å². The molecular formula is C25H21FN2O3. The summed E-state index contributed by atoms with van der Waals surface area (Å²) < 4.78 is 24.5. The highest BCUT2D eigenvalue weighted by atomic mass is 19.1. The summed E-state index contributed by atoms with van der Waals surface area (Å²) in [5.41, 5.74) is 2.46. The van der Waals surface area contributed by atoms with Gasteiger partial charge in [-0.15, -0.1) is 0 Å². The lowest BCUT2D eigenvalue weighted by molar-refractivity contribution is -0.112. The van der Waals surface area contributed by atoms with E-state index >= 15 is 0 Å². The van der Waals surface area contributed by atoms with E-state index in [0.29, 0.717) is 34.7 Å². The van der Waals surface area contributed by atoms with Crippen molar-refractivity contribution in [2.45, 2.75) is 6.42 Å². The summed E-state index contributed by atoms with van der Waals surface area (Å²) in [6.45, 7) is 0. The molecule has 0 saturated carbocycles. The lowest BCUT2D eigenvalue weighted by Crippen LogP contribution is -2.13. The second-order valence-corrected chi connectivity index (χ2v) is 6.69. The van der Waals surface area contributed by atoms with Crippen molar-refractivity contribution in [1.82, 2.24) is 0 Å². The number of benzene rings is 3. The molecular weight excluding hydrogens is 395 g/mol. The van der Waals surface area contributed by atoms with Gasteiger partial charge in [-0.25, -0.2) is 4.39 Å². The van der Waals surface area contributed by atoms with E-state index in [1.807, 2.05) is 6.07 Å². The Bertz CT molecular complexity index is 1150. The number of amides is 1. The van der Waals surface area contributed by atoms with Gasteiger partial charge in [0.05, 0.1) is 14.2 Å². The number of halogens is 1. The monoisotopic (exact) mass is 416 g/mol. The second kappa shape index (κ2) is 10.1. The molecule has 1 amide bonds. The van der Waals surface area contributed by atoms with Gasteiger partial charge >= 0.3 is 0 Å². The van der Waals surface area contributed by atoms with Gasteiger partial charge in [0.1, 0.15) is 29.0 Å². The van der Waals surface area contributed by atoms with Gasteiger partial charge in [0.25, 0.3) is 5.91 Å². The normalized spacial score (nSPS) is 10.8.